The molecule has 0 spiro atoms. The van der Waals surface area contributed by atoms with Crippen molar-refractivity contribution >= 4 is 67.9 Å². The molecule has 1 heterocycles. The molecule has 0 aliphatic carbocycles. The van der Waals surface area contributed by atoms with Gasteiger partial charge in [-0.2, -0.15) is 0 Å². The Hall–Kier alpha value is -3.90. The minimum Gasteiger partial charge on any atom is -0.487 e. The van der Waals surface area contributed by atoms with Gasteiger partial charge in [-0.1, -0.05) is 33.6 Å². The molecule has 0 saturated carbocycles. The van der Waals surface area contributed by atoms with E-state index in [0.29, 0.717) is 33.4 Å². The van der Waals surface area contributed by atoms with E-state index in [4.69, 9.17) is 26.1 Å². The molecule has 0 bridgehead atoms. The van der Waals surface area contributed by atoms with Crippen molar-refractivity contribution in [2.24, 2.45) is 7.05 Å². The van der Waals surface area contributed by atoms with Crippen LogP contribution in [0.4, 0.5) is 30.9 Å². The molecule has 4 aromatic rings. The molecule has 9 nitrogen and oxygen atoms in total. The van der Waals surface area contributed by atoms with E-state index in [1.807, 2.05) is 24.3 Å². The highest BCUT2D eigenvalue weighted by Gasteiger charge is 2.25. The Balaban J connectivity index is 1.83. The number of benzene rings is 3. The fourth-order valence-corrected chi connectivity index (χ4v) is 4.59. The van der Waals surface area contributed by atoms with Crippen LogP contribution in [-0.4, -0.2) is 45.4 Å². The normalized spacial score (nSPS) is 11.5. The van der Waals surface area contributed by atoms with E-state index in [1.165, 1.54) is 12.1 Å². The van der Waals surface area contributed by atoms with Gasteiger partial charge in [0.25, 0.3) is 6.43 Å². The maximum absolute atomic E-state index is 12.9. The quantitative estimate of drug-likeness (QED) is 0.188. The van der Waals surface area contributed by atoms with Crippen LogP contribution in [0.5, 0.6) is 5.75 Å². The smallest absolute Gasteiger partial charge is 0.407 e. The number of nitrogens with zero attached hydrogens (tertiary/aromatic N) is 3. The lowest BCUT2D eigenvalue weighted by molar-refractivity contribution is 0.0523. The van der Waals surface area contributed by atoms with Crippen LogP contribution in [0.2, 0.25) is 5.02 Å². The Morgan fingerprint density at radius 2 is 1.83 bits per heavy atom. The summed E-state index contributed by atoms with van der Waals surface area (Å²) < 4.78 is 38.7. The number of hydrogen-bond acceptors (Lipinski definition) is 6. The summed E-state index contributed by atoms with van der Waals surface area (Å²) >= 11 is 10.2. The number of halogens is 4. The van der Waals surface area contributed by atoms with Gasteiger partial charge >= 0.3 is 12.1 Å². The summed E-state index contributed by atoms with van der Waals surface area (Å²) in [5.74, 6) is -1.19. The number of aryl methyl sites for hydroxylation is 1. The van der Waals surface area contributed by atoms with E-state index < -0.39 is 30.7 Å². The van der Waals surface area contributed by atoms with E-state index in [9.17, 15) is 23.5 Å². The van der Waals surface area contributed by atoms with Crippen molar-refractivity contribution in [2.45, 2.75) is 39.3 Å². The standard InChI is InChI=1S/C29H28BrClF2N4O5/c1-29(2,3)42-28(40)34-14-16-5-10-20(31)22(11-16)37(18-8-6-17(30)7-9-18)27-35-21-12-19(26(38)39)24(41-15-25(32)33)13-23(21)36(27)4/h5-13,25H,14-15H2,1-4H3,(H,34,40)(H,38,39). The number of carboxylic acid groups (broad SMARTS) is 1. The van der Waals surface area contributed by atoms with Crippen molar-refractivity contribution < 1.29 is 33.0 Å². The molecular weight excluding hydrogens is 638 g/mol. The third-order valence-corrected chi connectivity index (χ3v) is 6.77. The lowest BCUT2D eigenvalue weighted by atomic mass is 10.1. The van der Waals surface area contributed by atoms with Crippen molar-refractivity contribution in [1.29, 1.82) is 0 Å². The number of anilines is 3. The molecule has 1 aromatic heterocycles. The van der Waals surface area contributed by atoms with Gasteiger partial charge in [-0.25, -0.2) is 23.4 Å². The number of nitrogens with one attached hydrogen (secondary N) is 1. The summed E-state index contributed by atoms with van der Waals surface area (Å²) in [6.45, 7) is 4.51. The highest BCUT2D eigenvalue weighted by Crippen LogP contribution is 2.41. The summed E-state index contributed by atoms with van der Waals surface area (Å²) in [6.07, 6.45) is -3.35. The van der Waals surface area contributed by atoms with Crippen molar-refractivity contribution in [2.75, 3.05) is 11.5 Å². The largest absolute Gasteiger partial charge is 0.487 e. The Labute approximate surface area is 254 Å². The Bertz CT molecular complexity index is 1620. The molecule has 0 saturated heterocycles. The number of aromatic carboxylic acids is 1. The SMILES string of the molecule is Cn1c(N(c2ccc(Br)cc2)c2cc(CNC(=O)OC(C)(C)C)ccc2Cl)nc2cc(C(=O)O)c(OCC(F)F)cc21. The predicted octanol–water partition coefficient (Wildman–Crippen LogP) is 7.83. The van der Waals surface area contributed by atoms with Crippen molar-refractivity contribution in [3.05, 3.63) is 75.2 Å². The van der Waals surface area contributed by atoms with Gasteiger partial charge in [-0.3, -0.25) is 4.90 Å². The number of alkyl halides is 2. The number of imidazole rings is 1. The maximum atomic E-state index is 12.9. The van der Waals surface area contributed by atoms with Crippen LogP contribution in [-0.2, 0) is 18.3 Å². The molecule has 2 N–H and O–H groups in total. The molecule has 42 heavy (non-hydrogen) atoms. The van der Waals surface area contributed by atoms with Crippen LogP contribution in [0.3, 0.4) is 0 Å². The van der Waals surface area contributed by atoms with Gasteiger partial charge in [-0.15, -0.1) is 0 Å². The third kappa shape index (κ3) is 7.29. The van der Waals surface area contributed by atoms with Gasteiger partial charge in [0, 0.05) is 29.8 Å². The number of carbonyl (C=O) groups is 2. The first-order valence-corrected chi connectivity index (χ1v) is 13.9. The molecule has 3 aromatic carbocycles. The van der Waals surface area contributed by atoms with Crippen LogP contribution in [0, 0.1) is 0 Å². The molecular formula is C29H28BrClF2N4O5. The molecule has 0 aliphatic rings. The average Bonchev–Trinajstić information content (AvgIpc) is 3.22. The minimum atomic E-state index is -2.78. The molecule has 0 atom stereocenters. The number of aromatic nitrogens is 2. The molecule has 13 heteroatoms. The number of fused-ring (bicyclic) bond motifs is 1. The number of rotatable bonds is 9. The molecule has 0 radical (unpaired) electrons. The van der Waals surface area contributed by atoms with Gasteiger partial charge in [0.05, 0.1) is 21.7 Å². The zero-order chi connectivity index (χ0) is 30.8. The third-order valence-electron chi connectivity index (χ3n) is 5.93. The zero-order valence-corrected chi connectivity index (χ0v) is 25.5. The number of amides is 1. The van der Waals surface area contributed by atoms with E-state index >= 15 is 0 Å². The van der Waals surface area contributed by atoms with E-state index in [2.05, 4.69) is 21.2 Å². The summed E-state index contributed by atoms with van der Waals surface area (Å²) in [6, 6.07) is 15.3. The maximum Gasteiger partial charge on any atom is 0.407 e. The van der Waals surface area contributed by atoms with E-state index in [-0.39, 0.29) is 17.9 Å². The number of carbonyl (C=O) groups excluding carboxylic acids is 1. The highest BCUT2D eigenvalue weighted by atomic mass is 79.9. The second kappa shape index (κ2) is 12.5. The van der Waals surface area contributed by atoms with Gasteiger partial charge in [0.2, 0.25) is 5.95 Å². The minimum absolute atomic E-state index is 0.155. The van der Waals surface area contributed by atoms with Gasteiger partial charge in [-0.05, 0) is 68.8 Å². The Morgan fingerprint density at radius 3 is 2.45 bits per heavy atom. The van der Waals surface area contributed by atoms with Crippen molar-refractivity contribution in [3.8, 4) is 5.75 Å². The van der Waals surface area contributed by atoms with Crippen molar-refractivity contribution in [1.82, 2.24) is 14.9 Å². The monoisotopic (exact) mass is 664 g/mol. The lowest BCUT2D eigenvalue weighted by Gasteiger charge is -2.26. The predicted molar refractivity (Wildman–Crippen MR) is 160 cm³/mol. The van der Waals surface area contributed by atoms with Crippen molar-refractivity contribution in [3.63, 3.8) is 0 Å². The summed E-state index contributed by atoms with van der Waals surface area (Å²) in [7, 11) is 1.70. The fourth-order valence-electron chi connectivity index (χ4n) is 4.13. The van der Waals surface area contributed by atoms with Crippen LogP contribution in [0.25, 0.3) is 11.0 Å². The summed E-state index contributed by atoms with van der Waals surface area (Å²) in [4.78, 5) is 30.6. The number of ether oxygens (including phenoxy) is 2. The van der Waals surface area contributed by atoms with E-state index in [1.54, 1.807) is 55.5 Å². The molecule has 0 aliphatic heterocycles. The molecule has 222 valence electrons. The topological polar surface area (TPSA) is 106 Å². The Kier molecular flexibility index (Phi) is 9.27. The first-order valence-electron chi connectivity index (χ1n) is 12.7. The molecule has 4 rings (SSSR count). The Morgan fingerprint density at radius 1 is 1.14 bits per heavy atom. The van der Waals surface area contributed by atoms with Crippen LogP contribution >= 0.6 is 27.5 Å². The number of hydrogen-bond donors (Lipinski definition) is 2. The van der Waals surface area contributed by atoms with Crippen LogP contribution in [0.15, 0.2) is 59.1 Å². The number of alkyl carbamates (subject to hydrolysis) is 1. The first-order chi connectivity index (χ1) is 19.7. The molecule has 0 fully saturated rings. The number of carboxylic acids is 1. The zero-order valence-electron chi connectivity index (χ0n) is 23.1. The van der Waals surface area contributed by atoms with Gasteiger partial charge < -0.3 is 24.5 Å². The second-order valence-electron chi connectivity index (χ2n) is 10.3. The average molecular weight is 666 g/mol. The van der Waals surface area contributed by atoms with Gasteiger partial charge in [0.15, 0.2) is 0 Å². The fraction of sp³-hybridized carbons (Fsp3) is 0.276. The van der Waals surface area contributed by atoms with Crippen LogP contribution < -0.4 is 15.0 Å². The molecule has 1 amide bonds. The van der Waals surface area contributed by atoms with E-state index in [0.717, 1.165) is 10.0 Å². The second-order valence-corrected chi connectivity index (χ2v) is 11.6. The first kappa shape index (κ1) is 31.0. The van der Waals surface area contributed by atoms with Gasteiger partial charge in [0.1, 0.15) is 23.5 Å². The highest BCUT2D eigenvalue weighted by molar-refractivity contribution is 9.10. The summed E-state index contributed by atoms with van der Waals surface area (Å²) in [5, 5.41) is 12.8. The molecule has 0 unspecified atom stereocenters. The summed E-state index contributed by atoms with van der Waals surface area (Å²) in [5.41, 5.74) is 1.71. The lowest BCUT2D eigenvalue weighted by Crippen LogP contribution is -2.32. The van der Waals surface area contributed by atoms with Crippen LogP contribution in [0.1, 0.15) is 36.7 Å².